The fourth-order valence-electron chi connectivity index (χ4n) is 2.57. The van der Waals surface area contributed by atoms with Gasteiger partial charge in [0.1, 0.15) is 11.8 Å². The number of nitrogens with two attached hydrogens (primary N) is 1. The molecule has 1 aliphatic heterocycles. The lowest BCUT2D eigenvalue weighted by atomic mass is 9.92. The third-order valence-corrected chi connectivity index (χ3v) is 3.68. The highest BCUT2D eigenvalue weighted by atomic mass is 15.1. The van der Waals surface area contributed by atoms with Crippen LogP contribution in [0.1, 0.15) is 31.0 Å². The van der Waals surface area contributed by atoms with Crippen LogP contribution < -0.4 is 5.73 Å². The summed E-state index contributed by atoms with van der Waals surface area (Å²) >= 11 is 0. The Balaban J connectivity index is 2.03. The molecule has 1 saturated heterocycles. The van der Waals surface area contributed by atoms with Crippen LogP contribution in [0.5, 0.6) is 0 Å². The molecule has 0 aromatic carbocycles. The third-order valence-electron chi connectivity index (χ3n) is 3.68. The molecule has 2 heterocycles. The largest absolute Gasteiger partial charge is 0.328 e. The molecule has 0 spiro atoms. The summed E-state index contributed by atoms with van der Waals surface area (Å²) in [6.07, 6.45) is 4.07. The number of hydrogen-bond acceptors (Lipinski definition) is 4. The van der Waals surface area contributed by atoms with Crippen LogP contribution in [-0.4, -0.2) is 29.0 Å². The van der Waals surface area contributed by atoms with E-state index in [1.165, 1.54) is 12.8 Å². The lowest BCUT2D eigenvalue weighted by molar-refractivity contribution is 0.154. The van der Waals surface area contributed by atoms with Crippen molar-refractivity contribution < 1.29 is 0 Å². The zero-order valence-electron chi connectivity index (χ0n) is 10.8. The Morgan fingerprint density at radius 2 is 2.50 bits per heavy atom. The summed E-state index contributed by atoms with van der Waals surface area (Å²) in [5.74, 6) is 0.570. The average molecular weight is 244 g/mol. The molecule has 2 rings (SSSR count). The van der Waals surface area contributed by atoms with E-state index in [2.05, 4.69) is 22.9 Å². The average Bonchev–Trinajstić information content (AvgIpc) is 2.39. The second-order valence-corrected chi connectivity index (χ2v) is 5.12. The smallest absolute Gasteiger partial charge is 0.144 e. The predicted molar refractivity (Wildman–Crippen MR) is 70.6 cm³/mol. The Bertz CT molecular complexity index is 436. The highest BCUT2D eigenvalue weighted by molar-refractivity contribution is 5.30. The van der Waals surface area contributed by atoms with Gasteiger partial charge < -0.3 is 5.73 Å². The van der Waals surface area contributed by atoms with E-state index in [1.54, 1.807) is 6.20 Å². The molecule has 1 fully saturated rings. The minimum atomic E-state index is 0.247. The fraction of sp³-hybridized carbons (Fsp3) is 0.571. The summed E-state index contributed by atoms with van der Waals surface area (Å²) in [5, 5.41) is 9.04. The fourth-order valence-corrected chi connectivity index (χ4v) is 2.57. The van der Waals surface area contributed by atoms with Gasteiger partial charge in [0.2, 0.25) is 0 Å². The quantitative estimate of drug-likeness (QED) is 0.875. The number of aromatic nitrogens is 1. The number of nitrogens with zero attached hydrogens (tertiary/aromatic N) is 3. The number of hydrogen-bond donors (Lipinski definition) is 1. The van der Waals surface area contributed by atoms with Crippen molar-refractivity contribution in [2.45, 2.75) is 32.4 Å². The van der Waals surface area contributed by atoms with Gasteiger partial charge in [-0.1, -0.05) is 6.07 Å². The van der Waals surface area contributed by atoms with Gasteiger partial charge >= 0.3 is 0 Å². The summed E-state index contributed by atoms with van der Waals surface area (Å²) in [6, 6.07) is 6.28. The second kappa shape index (κ2) is 5.94. The van der Waals surface area contributed by atoms with Crippen LogP contribution in [0.15, 0.2) is 18.3 Å². The monoisotopic (exact) mass is 244 g/mol. The van der Waals surface area contributed by atoms with Crippen molar-refractivity contribution in [2.75, 3.05) is 13.1 Å². The first-order valence-electron chi connectivity index (χ1n) is 6.52. The van der Waals surface area contributed by atoms with Gasteiger partial charge in [0, 0.05) is 30.9 Å². The minimum absolute atomic E-state index is 0.247. The Kier molecular flexibility index (Phi) is 4.29. The molecule has 2 unspecified atom stereocenters. The van der Waals surface area contributed by atoms with Crippen molar-refractivity contribution in [2.24, 2.45) is 11.7 Å². The Morgan fingerprint density at radius 3 is 3.22 bits per heavy atom. The summed E-state index contributed by atoms with van der Waals surface area (Å²) in [6.45, 7) is 5.00. The van der Waals surface area contributed by atoms with Gasteiger partial charge in [0.25, 0.3) is 0 Å². The number of pyridine rings is 1. The number of rotatable bonds is 3. The van der Waals surface area contributed by atoms with Crippen LogP contribution in [0.4, 0.5) is 0 Å². The highest BCUT2D eigenvalue weighted by Gasteiger charge is 2.23. The molecule has 0 saturated carbocycles. The van der Waals surface area contributed by atoms with Crippen LogP contribution in [-0.2, 0) is 6.54 Å². The van der Waals surface area contributed by atoms with E-state index in [9.17, 15) is 0 Å². The second-order valence-electron chi connectivity index (χ2n) is 5.12. The highest BCUT2D eigenvalue weighted by Crippen LogP contribution is 2.20. The SMILES string of the molecule is CC(N)C1CCCN(Cc2cccnc2C#N)C1. The van der Waals surface area contributed by atoms with Crippen molar-refractivity contribution in [1.29, 1.82) is 5.26 Å². The number of likely N-dealkylation sites (tertiary alicyclic amines) is 1. The van der Waals surface area contributed by atoms with E-state index in [0.717, 1.165) is 25.2 Å². The van der Waals surface area contributed by atoms with Crippen LogP contribution in [0.25, 0.3) is 0 Å². The maximum Gasteiger partial charge on any atom is 0.144 e. The van der Waals surface area contributed by atoms with Crippen LogP contribution >= 0.6 is 0 Å². The van der Waals surface area contributed by atoms with E-state index in [-0.39, 0.29) is 6.04 Å². The lowest BCUT2D eigenvalue weighted by Gasteiger charge is -2.34. The first kappa shape index (κ1) is 13.0. The molecule has 0 radical (unpaired) electrons. The van der Waals surface area contributed by atoms with E-state index < -0.39 is 0 Å². The molecule has 1 aromatic heterocycles. The van der Waals surface area contributed by atoms with Gasteiger partial charge in [-0.25, -0.2) is 4.98 Å². The maximum absolute atomic E-state index is 9.04. The number of nitriles is 1. The van der Waals surface area contributed by atoms with Crippen molar-refractivity contribution in [3.63, 3.8) is 0 Å². The van der Waals surface area contributed by atoms with Gasteiger partial charge in [-0.3, -0.25) is 4.90 Å². The molecule has 1 aromatic rings. The van der Waals surface area contributed by atoms with Gasteiger partial charge in [-0.15, -0.1) is 0 Å². The zero-order valence-corrected chi connectivity index (χ0v) is 10.8. The first-order chi connectivity index (χ1) is 8.70. The molecule has 2 atom stereocenters. The molecule has 4 heteroatoms. The van der Waals surface area contributed by atoms with E-state index in [4.69, 9.17) is 11.0 Å². The Labute approximate surface area is 108 Å². The summed E-state index contributed by atoms with van der Waals surface area (Å²) in [4.78, 5) is 6.49. The minimum Gasteiger partial charge on any atom is -0.328 e. The molecular weight excluding hydrogens is 224 g/mol. The normalized spacial score (nSPS) is 22.4. The first-order valence-corrected chi connectivity index (χ1v) is 6.52. The molecule has 96 valence electrons. The third kappa shape index (κ3) is 3.06. The molecule has 1 aliphatic rings. The van der Waals surface area contributed by atoms with Crippen molar-refractivity contribution >= 4 is 0 Å². The van der Waals surface area contributed by atoms with E-state index in [0.29, 0.717) is 11.6 Å². The zero-order chi connectivity index (χ0) is 13.0. The summed E-state index contributed by atoms with van der Waals surface area (Å²) in [7, 11) is 0. The summed E-state index contributed by atoms with van der Waals surface area (Å²) < 4.78 is 0. The summed E-state index contributed by atoms with van der Waals surface area (Å²) in [5.41, 5.74) is 7.55. The Hall–Kier alpha value is -1.44. The van der Waals surface area contributed by atoms with Crippen molar-refractivity contribution in [3.05, 3.63) is 29.6 Å². The topological polar surface area (TPSA) is 65.9 Å². The van der Waals surface area contributed by atoms with Crippen LogP contribution in [0.3, 0.4) is 0 Å². The van der Waals surface area contributed by atoms with Crippen LogP contribution in [0.2, 0.25) is 0 Å². The van der Waals surface area contributed by atoms with Crippen LogP contribution in [0, 0.1) is 17.2 Å². The van der Waals surface area contributed by atoms with Crippen molar-refractivity contribution in [1.82, 2.24) is 9.88 Å². The molecule has 18 heavy (non-hydrogen) atoms. The Morgan fingerprint density at radius 1 is 1.67 bits per heavy atom. The van der Waals surface area contributed by atoms with Gasteiger partial charge in [-0.2, -0.15) is 5.26 Å². The standard InChI is InChI=1S/C14H20N4/c1-11(16)12-5-3-7-18(9-12)10-13-4-2-6-17-14(13)8-15/h2,4,6,11-12H,3,5,7,9-10,16H2,1H3. The van der Waals surface area contributed by atoms with E-state index >= 15 is 0 Å². The molecule has 0 aliphatic carbocycles. The molecular formula is C14H20N4. The van der Waals surface area contributed by atoms with Gasteiger partial charge in [0.05, 0.1) is 0 Å². The van der Waals surface area contributed by atoms with Gasteiger partial charge in [0.15, 0.2) is 0 Å². The predicted octanol–water partition coefficient (Wildman–Crippen LogP) is 1.51. The van der Waals surface area contributed by atoms with Crippen molar-refractivity contribution in [3.8, 4) is 6.07 Å². The maximum atomic E-state index is 9.04. The molecule has 0 amide bonds. The van der Waals surface area contributed by atoms with E-state index in [1.807, 2.05) is 12.1 Å². The lowest BCUT2D eigenvalue weighted by Crippen LogP contribution is -2.42. The number of piperidine rings is 1. The molecule has 2 N–H and O–H groups in total. The van der Waals surface area contributed by atoms with Gasteiger partial charge in [-0.05, 0) is 38.3 Å². The molecule has 0 bridgehead atoms. The molecule has 4 nitrogen and oxygen atoms in total.